The minimum atomic E-state index is -4.47. The van der Waals surface area contributed by atoms with E-state index < -0.39 is 45.3 Å². The number of amidine groups is 1. The van der Waals surface area contributed by atoms with E-state index >= 15 is 0 Å². The third-order valence-corrected chi connectivity index (χ3v) is 8.56. The van der Waals surface area contributed by atoms with Gasteiger partial charge in [-0.25, -0.2) is 0 Å². The number of hydrogen-bond donors (Lipinski definition) is 1. The predicted molar refractivity (Wildman–Crippen MR) is 130 cm³/mol. The molecule has 0 aromatic heterocycles. The van der Waals surface area contributed by atoms with Crippen molar-refractivity contribution in [2.45, 2.75) is 30.9 Å². The number of unbranched alkanes of at least 4 members (excludes halogenated alkanes) is 1. The van der Waals surface area contributed by atoms with E-state index in [0.29, 0.717) is 12.8 Å². The second-order valence-electron chi connectivity index (χ2n) is 7.61. The van der Waals surface area contributed by atoms with Gasteiger partial charge in [0, 0.05) is 12.8 Å². The normalized spacial score (nSPS) is 16.2. The van der Waals surface area contributed by atoms with Crippen molar-refractivity contribution in [3.63, 3.8) is 0 Å². The molecule has 2 aromatic rings. The summed E-state index contributed by atoms with van der Waals surface area (Å²) in [4.78, 5) is 13.4. The minimum Gasteiger partial charge on any atom is -0.346 e. The van der Waals surface area contributed by atoms with E-state index in [2.05, 4.69) is 16.8 Å². The number of hydrogen-bond acceptors (Lipinski definition) is 5. The Balaban J connectivity index is 1.58. The summed E-state index contributed by atoms with van der Waals surface area (Å²) in [6.07, 6.45) is -2.52. The highest BCUT2D eigenvalue weighted by Crippen LogP contribution is 2.51. The fourth-order valence-corrected chi connectivity index (χ4v) is 6.70. The maximum absolute atomic E-state index is 13.4. The van der Waals surface area contributed by atoms with Crippen molar-refractivity contribution in [3.8, 4) is 11.1 Å². The second-order valence-corrected chi connectivity index (χ2v) is 11.0. The van der Waals surface area contributed by atoms with Gasteiger partial charge < -0.3 is 5.32 Å². The zero-order valence-electron chi connectivity index (χ0n) is 17.3. The monoisotopic (exact) mass is 574 g/mol. The van der Waals surface area contributed by atoms with Crippen LogP contribution in [0.3, 0.4) is 0 Å². The highest BCUT2D eigenvalue weighted by atomic mass is 127. The van der Waals surface area contributed by atoms with Gasteiger partial charge in [0.05, 0.1) is 0 Å². The molecule has 1 amide bonds. The van der Waals surface area contributed by atoms with Gasteiger partial charge in [-0.2, -0.15) is 13.2 Å². The average Bonchev–Trinajstić information content (AvgIpc) is 3.31. The number of nitrogens with one attached hydrogen (secondary N) is 1. The molecule has 1 aliphatic carbocycles. The van der Waals surface area contributed by atoms with Gasteiger partial charge in [-0.3, -0.25) is 7.91 Å². The summed E-state index contributed by atoms with van der Waals surface area (Å²) in [5.41, 5.74) is 2.24. The quantitative estimate of drug-likeness (QED) is 0.258. The number of amides is 1. The third-order valence-electron chi connectivity index (χ3n) is 5.61. The lowest BCUT2D eigenvalue weighted by Crippen LogP contribution is -2.47. The van der Waals surface area contributed by atoms with E-state index in [9.17, 15) is 18.0 Å². The van der Waals surface area contributed by atoms with Gasteiger partial charge in [-0.15, -0.1) is 8.36 Å². The molecule has 1 N–H and O–H groups in total. The molecule has 0 atom stereocenters. The van der Waals surface area contributed by atoms with Crippen LogP contribution in [0.5, 0.6) is 0 Å². The largest absolute Gasteiger partial charge is 0.405 e. The predicted octanol–water partition coefficient (Wildman–Crippen LogP) is 5.82. The number of alkyl halides is 3. The second kappa shape index (κ2) is 9.50. The van der Waals surface area contributed by atoms with Gasteiger partial charge >= 0.3 is 6.18 Å². The summed E-state index contributed by atoms with van der Waals surface area (Å²) in [7, 11) is 1.97. The number of carbonyl (C=O) groups is 1. The van der Waals surface area contributed by atoms with E-state index in [-0.39, 0.29) is 0 Å². The van der Waals surface area contributed by atoms with Gasteiger partial charge in [0.1, 0.15) is 33.3 Å². The van der Waals surface area contributed by atoms with Crippen molar-refractivity contribution in [2.24, 2.45) is 8.36 Å². The topological polar surface area (TPSA) is 57.1 Å². The van der Waals surface area contributed by atoms with E-state index in [1.165, 1.54) is 0 Å². The lowest BCUT2D eigenvalue weighted by molar-refractivity contribution is -0.141. The summed E-state index contributed by atoms with van der Waals surface area (Å²) < 4.78 is 44.9. The number of benzene rings is 2. The van der Waals surface area contributed by atoms with E-state index in [1.54, 1.807) is 11.8 Å². The summed E-state index contributed by atoms with van der Waals surface area (Å²) in [6.45, 7) is -1.34. The van der Waals surface area contributed by atoms with Crippen LogP contribution in [0.15, 0.2) is 56.9 Å². The molecule has 0 unspecified atom stereocenters. The molecule has 0 saturated carbocycles. The number of thioether (sulfide) groups is 1. The number of halogens is 4. The highest BCUT2D eigenvalue weighted by molar-refractivity contribution is 14.1. The van der Waals surface area contributed by atoms with Crippen molar-refractivity contribution in [3.05, 3.63) is 59.7 Å². The molecule has 0 saturated heterocycles. The Morgan fingerprint density at radius 2 is 1.72 bits per heavy atom. The fraction of sp³-hybridized carbons (Fsp3) is 0.364. The van der Waals surface area contributed by atoms with Crippen LogP contribution in [-0.2, 0) is 10.2 Å². The molecule has 1 heterocycles. The van der Waals surface area contributed by atoms with Crippen LogP contribution in [-0.4, -0.2) is 39.7 Å². The van der Waals surface area contributed by atoms with Crippen LogP contribution in [0.25, 0.3) is 11.1 Å². The molecular weight excluding hydrogens is 552 g/mol. The molecule has 2 aromatic carbocycles. The maximum atomic E-state index is 13.4. The van der Waals surface area contributed by atoms with Crippen molar-refractivity contribution >= 4 is 44.1 Å². The zero-order valence-corrected chi connectivity index (χ0v) is 20.3. The molecule has 0 radical (unpaired) electrons. The lowest BCUT2D eigenvalue weighted by atomic mass is 9.73. The van der Waals surface area contributed by atoms with Crippen LogP contribution in [0, 0.1) is 0 Å². The maximum Gasteiger partial charge on any atom is 0.405 e. The fourth-order valence-electron chi connectivity index (χ4n) is 4.25. The third kappa shape index (κ3) is 4.57. The number of nitrogens with zero attached hydrogens (tertiary/aromatic N) is 3. The first-order valence-electron chi connectivity index (χ1n) is 10.2. The molecule has 5 nitrogen and oxygen atoms in total. The number of rotatable bonds is 7. The first kappa shape index (κ1) is 23.2. The Morgan fingerprint density at radius 1 is 1.09 bits per heavy atom. The number of fused-ring (bicyclic) bond motifs is 3. The van der Waals surface area contributed by atoms with Crippen molar-refractivity contribution in [2.75, 3.05) is 19.3 Å². The SMILES string of the molecule is CN1I=NN=C1SCCCCC1(C(=O)NCC(F)(F)F)c2ccccc2-c2ccccc21. The molecule has 170 valence electrons. The van der Waals surface area contributed by atoms with Gasteiger partial charge in [-0.1, -0.05) is 66.7 Å². The van der Waals surface area contributed by atoms with Crippen molar-refractivity contribution in [1.29, 1.82) is 0 Å². The smallest absolute Gasteiger partial charge is 0.346 e. The van der Waals surface area contributed by atoms with Gasteiger partial charge in [-0.05, 0) is 35.1 Å². The molecular formula is C22H22F3IN4OS. The van der Waals surface area contributed by atoms with Gasteiger partial charge in [0.2, 0.25) is 5.91 Å². The summed E-state index contributed by atoms with van der Waals surface area (Å²) in [6, 6.07) is 15.1. The average molecular weight is 574 g/mol. The Kier molecular flexibility index (Phi) is 6.89. The first-order valence-corrected chi connectivity index (χ1v) is 13.1. The Morgan fingerprint density at radius 3 is 2.28 bits per heavy atom. The minimum absolute atomic E-state index is 0.396. The standard InChI is InChI=1S/C22H22F3IN4OS/c1-30-20(28-29-26-30)32-13-7-6-12-21(19(31)27-14-22(23,24)25)17-10-4-2-8-15(17)16-9-3-5-11-18(16)21/h2-5,8-11H,6-7,12-14H2,1H3,(H,27,31). The zero-order chi connectivity index (χ0) is 22.8. The molecule has 0 bridgehead atoms. The van der Waals surface area contributed by atoms with Crippen LogP contribution in [0.1, 0.15) is 30.4 Å². The highest BCUT2D eigenvalue weighted by Gasteiger charge is 2.49. The van der Waals surface area contributed by atoms with Gasteiger partial charge in [0.15, 0.2) is 5.17 Å². The van der Waals surface area contributed by atoms with Crippen LogP contribution in [0.4, 0.5) is 13.2 Å². The lowest BCUT2D eigenvalue weighted by Gasteiger charge is -2.31. The van der Waals surface area contributed by atoms with Crippen LogP contribution in [0.2, 0.25) is 0 Å². The van der Waals surface area contributed by atoms with Crippen LogP contribution >= 0.6 is 33.1 Å². The Bertz CT molecular complexity index is 1030. The van der Waals surface area contributed by atoms with Crippen molar-refractivity contribution in [1.82, 2.24) is 8.43 Å². The summed E-state index contributed by atoms with van der Waals surface area (Å²) in [5.74, 6) is 0.217. The van der Waals surface area contributed by atoms with Crippen molar-refractivity contribution < 1.29 is 18.0 Å². The van der Waals surface area contributed by atoms with E-state index in [1.807, 2.05) is 55.6 Å². The molecule has 10 heteroatoms. The molecule has 2 aliphatic rings. The molecule has 0 spiro atoms. The first-order chi connectivity index (χ1) is 15.3. The summed E-state index contributed by atoms with van der Waals surface area (Å²) in [5, 5.41) is 7.23. The number of carbonyl (C=O) groups excluding carboxylic acids is 1. The van der Waals surface area contributed by atoms with Crippen LogP contribution < -0.4 is 5.32 Å². The van der Waals surface area contributed by atoms with Gasteiger partial charge in [0.25, 0.3) is 0 Å². The summed E-state index contributed by atoms with van der Waals surface area (Å²) >= 11 is 1.23. The molecule has 0 fully saturated rings. The molecule has 4 rings (SSSR count). The van der Waals surface area contributed by atoms with E-state index in [4.69, 9.17) is 0 Å². The van der Waals surface area contributed by atoms with E-state index in [0.717, 1.165) is 39.6 Å². The molecule has 32 heavy (non-hydrogen) atoms. The Hall–Kier alpha value is -1.95. The molecule has 1 aliphatic heterocycles. The Labute approximate surface area is 199 Å².